The SMILES string of the molecule is CC(C)(Cl)S(=O)(=O)c1ccccc1. The molecule has 0 saturated carbocycles. The van der Waals surface area contributed by atoms with Crippen molar-refractivity contribution in [2.45, 2.75) is 22.9 Å². The summed E-state index contributed by atoms with van der Waals surface area (Å²) in [5.41, 5.74) is 0. The highest BCUT2D eigenvalue weighted by Gasteiger charge is 2.32. The lowest BCUT2D eigenvalue weighted by Crippen LogP contribution is -2.24. The second kappa shape index (κ2) is 3.31. The zero-order valence-corrected chi connectivity index (χ0v) is 9.06. The van der Waals surface area contributed by atoms with Gasteiger partial charge in [-0.05, 0) is 26.0 Å². The summed E-state index contributed by atoms with van der Waals surface area (Å²) < 4.78 is 22.2. The molecule has 0 aliphatic heterocycles. The molecule has 0 radical (unpaired) electrons. The van der Waals surface area contributed by atoms with E-state index in [1.165, 1.54) is 13.8 Å². The van der Waals surface area contributed by atoms with Crippen LogP contribution in [-0.4, -0.2) is 12.6 Å². The fourth-order valence-corrected chi connectivity index (χ4v) is 2.22. The summed E-state index contributed by atoms with van der Waals surface area (Å²) in [5, 5.41) is 0. The monoisotopic (exact) mass is 218 g/mol. The van der Waals surface area contributed by atoms with Gasteiger partial charge in [-0.1, -0.05) is 18.2 Å². The van der Waals surface area contributed by atoms with Crippen molar-refractivity contribution in [2.75, 3.05) is 0 Å². The number of halogens is 1. The van der Waals surface area contributed by atoms with Crippen molar-refractivity contribution in [1.82, 2.24) is 0 Å². The number of sulfone groups is 1. The third-order valence-corrected chi connectivity index (χ3v) is 4.47. The normalized spacial score (nSPS) is 12.8. The van der Waals surface area contributed by atoms with Gasteiger partial charge in [0.2, 0.25) is 0 Å². The number of rotatable bonds is 2. The first-order valence-corrected chi connectivity index (χ1v) is 5.70. The molecule has 1 rings (SSSR count). The molecule has 0 fully saturated rings. The average Bonchev–Trinajstić information content (AvgIpc) is 2.04. The molecule has 0 spiro atoms. The van der Waals surface area contributed by atoms with E-state index in [0.29, 0.717) is 0 Å². The van der Waals surface area contributed by atoms with Crippen LogP contribution in [0, 0.1) is 0 Å². The molecule has 1 aromatic carbocycles. The molecule has 0 unspecified atom stereocenters. The van der Waals surface area contributed by atoms with Gasteiger partial charge in [-0.25, -0.2) is 8.42 Å². The maximum Gasteiger partial charge on any atom is 0.197 e. The summed E-state index contributed by atoms with van der Waals surface area (Å²) in [5.74, 6) is 0. The van der Waals surface area contributed by atoms with Crippen molar-refractivity contribution in [3.05, 3.63) is 30.3 Å². The lowest BCUT2D eigenvalue weighted by atomic mass is 10.4. The minimum Gasteiger partial charge on any atom is -0.222 e. The summed E-state index contributed by atoms with van der Waals surface area (Å²) in [4.78, 5) is 0.259. The van der Waals surface area contributed by atoms with Gasteiger partial charge in [0.05, 0.1) is 4.90 Å². The Morgan fingerprint density at radius 2 is 1.62 bits per heavy atom. The molecule has 13 heavy (non-hydrogen) atoms. The molecule has 0 atom stereocenters. The fraction of sp³-hybridized carbons (Fsp3) is 0.333. The molecule has 0 aliphatic rings. The Hall–Kier alpha value is -0.540. The molecule has 1 aromatic rings. The minimum atomic E-state index is -3.41. The Morgan fingerprint density at radius 3 is 2.00 bits per heavy atom. The van der Waals surface area contributed by atoms with Crippen molar-refractivity contribution < 1.29 is 8.42 Å². The van der Waals surface area contributed by atoms with Gasteiger partial charge in [0.1, 0.15) is 4.21 Å². The van der Waals surface area contributed by atoms with Crippen LogP contribution >= 0.6 is 11.6 Å². The van der Waals surface area contributed by atoms with Gasteiger partial charge in [0, 0.05) is 0 Å². The standard InChI is InChI=1S/C9H11ClO2S/c1-9(2,10)13(11,12)8-6-4-3-5-7-8/h3-7H,1-2H3. The van der Waals surface area contributed by atoms with Gasteiger partial charge in [0.15, 0.2) is 9.84 Å². The molecule has 0 aliphatic carbocycles. The maximum absolute atomic E-state index is 11.7. The Balaban J connectivity index is 3.26. The molecule has 0 aromatic heterocycles. The van der Waals surface area contributed by atoms with E-state index >= 15 is 0 Å². The summed E-state index contributed by atoms with van der Waals surface area (Å²) in [6.07, 6.45) is 0. The van der Waals surface area contributed by atoms with E-state index in [-0.39, 0.29) is 4.90 Å². The van der Waals surface area contributed by atoms with Gasteiger partial charge in [-0.3, -0.25) is 0 Å². The number of hydrogen-bond donors (Lipinski definition) is 0. The number of benzene rings is 1. The van der Waals surface area contributed by atoms with E-state index in [2.05, 4.69) is 0 Å². The van der Waals surface area contributed by atoms with Gasteiger partial charge in [0.25, 0.3) is 0 Å². The lowest BCUT2D eigenvalue weighted by Gasteiger charge is -2.16. The van der Waals surface area contributed by atoms with E-state index in [0.717, 1.165) is 0 Å². The largest absolute Gasteiger partial charge is 0.222 e. The predicted molar refractivity (Wildman–Crippen MR) is 53.6 cm³/mol. The van der Waals surface area contributed by atoms with Gasteiger partial charge in [-0.2, -0.15) is 0 Å². The van der Waals surface area contributed by atoms with Crippen LogP contribution in [0.3, 0.4) is 0 Å². The van der Waals surface area contributed by atoms with Crippen LogP contribution < -0.4 is 0 Å². The van der Waals surface area contributed by atoms with Gasteiger partial charge >= 0.3 is 0 Å². The van der Waals surface area contributed by atoms with Gasteiger partial charge < -0.3 is 0 Å². The Morgan fingerprint density at radius 1 is 1.15 bits per heavy atom. The molecule has 4 heteroatoms. The Kier molecular flexibility index (Phi) is 2.68. The lowest BCUT2D eigenvalue weighted by molar-refractivity contribution is 0.581. The van der Waals surface area contributed by atoms with E-state index in [4.69, 9.17) is 11.6 Å². The smallest absolute Gasteiger partial charge is 0.197 e. The van der Waals surface area contributed by atoms with Crippen LogP contribution in [0.2, 0.25) is 0 Å². The molecule has 0 heterocycles. The third-order valence-electron chi connectivity index (χ3n) is 1.69. The highest BCUT2D eigenvalue weighted by atomic mass is 35.5. The number of alkyl halides is 1. The first-order valence-electron chi connectivity index (χ1n) is 3.84. The summed E-state index contributed by atoms with van der Waals surface area (Å²) >= 11 is 5.77. The molecule has 0 N–H and O–H groups in total. The molecular weight excluding hydrogens is 208 g/mol. The third kappa shape index (κ3) is 2.03. The zero-order valence-electron chi connectivity index (χ0n) is 7.49. The molecule has 2 nitrogen and oxygen atoms in total. The predicted octanol–water partition coefficient (Wildman–Crippen LogP) is 2.44. The minimum absolute atomic E-state index is 0.259. The second-order valence-corrected chi connectivity index (χ2v) is 6.85. The second-order valence-electron chi connectivity index (χ2n) is 3.18. The molecule has 72 valence electrons. The van der Waals surface area contributed by atoms with Crippen LogP contribution in [0.1, 0.15) is 13.8 Å². The van der Waals surface area contributed by atoms with Gasteiger partial charge in [-0.15, -0.1) is 11.6 Å². The van der Waals surface area contributed by atoms with Crippen LogP contribution in [0.25, 0.3) is 0 Å². The first kappa shape index (κ1) is 10.5. The Labute approximate surface area is 83.5 Å². The van der Waals surface area contributed by atoms with Crippen LogP contribution in [0.4, 0.5) is 0 Å². The molecule has 0 amide bonds. The quantitative estimate of drug-likeness (QED) is 0.715. The molecular formula is C9H11ClO2S. The van der Waals surface area contributed by atoms with Crippen molar-refractivity contribution in [3.63, 3.8) is 0 Å². The highest BCUT2D eigenvalue weighted by Crippen LogP contribution is 2.28. The van der Waals surface area contributed by atoms with E-state index in [1.807, 2.05) is 0 Å². The summed E-state index contributed by atoms with van der Waals surface area (Å²) in [6, 6.07) is 8.20. The topological polar surface area (TPSA) is 34.1 Å². The number of hydrogen-bond acceptors (Lipinski definition) is 2. The van der Waals surface area contributed by atoms with Crippen LogP contribution in [-0.2, 0) is 9.84 Å². The van der Waals surface area contributed by atoms with Crippen LogP contribution in [0.15, 0.2) is 35.2 Å². The van der Waals surface area contributed by atoms with Crippen molar-refractivity contribution in [1.29, 1.82) is 0 Å². The van der Waals surface area contributed by atoms with Crippen molar-refractivity contribution >= 4 is 21.4 Å². The maximum atomic E-state index is 11.7. The van der Waals surface area contributed by atoms with E-state index in [1.54, 1.807) is 30.3 Å². The summed E-state index contributed by atoms with van der Waals surface area (Å²) in [7, 11) is -3.41. The Bertz CT molecular complexity index is 376. The van der Waals surface area contributed by atoms with Crippen molar-refractivity contribution in [3.8, 4) is 0 Å². The van der Waals surface area contributed by atoms with E-state index in [9.17, 15) is 8.42 Å². The van der Waals surface area contributed by atoms with E-state index < -0.39 is 14.0 Å². The zero-order chi connectivity index (χ0) is 10.1. The summed E-state index contributed by atoms with van der Waals surface area (Å²) in [6.45, 7) is 2.94. The van der Waals surface area contributed by atoms with Crippen LogP contribution in [0.5, 0.6) is 0 Å². The molecule has 0 bridgehead atoms. The van der Waals surface area contributed by atoms with Crippen molar-refractivity contribution in [2.24, 2.45) is 0 Å². The fourth-order valence-electron chi connectivity index (χ4n) is 0.880. The highest BCUT2D eigenvalue weighted by molar-refractivity contribution is 7.94. The first-order chi connectivity index (χ1) is 5.86. The average molecular weight is 219 g/mol. The molecule has 0 saturated heterocycles.